The number of hydrogen-bond donors (Lipinski definition) is 1. The highest BCUT2D eigenvalue weighted by Crippen LogP contribution is 2.20. The zero-order valence-corrected chi connectivity index (χ0v) is 13.0. The minimum Gasteiger partial charge on any atom is -0.442 e. The summed E-state index contributed by atoms with van der Waals surface area (Å²) in [7, 11) is 1.76. The van der Waals surface area contributed by atoms with Crippen LogP contribution in [-0.4, -0.2) is 41.0 Å². The number of rotatable bonds is 4. The maximum Gasteiger partial charge on any atom is 0.416 e. The summed E-state index contributed by atoms with van der Waals surface area (Å²) in [5, 5.41) is 6.86. The molecule has 120 valence electrons. The van der Waals surface area contributed by atoms with Gasteiger partial charge in [-0.15, -0.1) is 0 Å². The van der Waals surface area contributed by atoms with Crippen LogP contribution in [0.15, 0.2) is 36.5 Å². The lowest BCUT2D eigenvalue weighted by molar-refractivity contribution is 0.0915. The van der Waals surface area contributed by atoms with Gasteiger partial charge in [-0.05, 0) is 18.6 Å². The summed E-state index contributed by atoms with van der Waals surface area (Å²) < 4.78 is 6.91. The predicted molar refractivity (Wildman–Crippen MR) is 84.3 cm³/mol. The SMILES string of the molecule is Cc1ccccc1C(=O)NCC1CN(c2ccnn2C)C(=O)O1. The summed E-state index contributed by atoms with van der Waals surface area (Å²) >= 11 is 0. The molecule has 1 aliphatic heterocycles. The first-order chi connectivity index (χ1) is 11.1. The number of anilines is 1. The van der Waals surface area contributed by atoms with Crippen molar-refractivity contribution in [2.75, 3.05) is 18.0 Å². The van der Waals surface area contributed by atoms with E-state index in [0.717, 1.165) is 5.56 Å². The van der Waals surface area contributed by atoms with Crippen molar-refractivity contribution in [1.82, 2.24) is 15.1 Å². The van der Waals surface area contributed by atoms with Crippen LogP contribution in [0.1, 0.15) is 15.9 Å². The van der Waals surface area contributed by atoms with E-state index in [9.17, 15) is 9.59 Å². The molecule has 0 bridgehead atoms. The molecular weight excluding hydrogens is 296 g/mol. The number of amides is 2. The van der Waals surface area contributed by atoms with Crippen molar-refractivity contribution >= 4 is 17.8 Å². The summed E-state index contributed by atoms with van der Waals surface area (Å²) in [6.45, 7) is 2.54. The molecule has 0 spiro atoms. The molecule has 0 saturated carbocycles. The topological polar surface area (TPSA) is 76.5 Å². The maximum atomic E-state index is 12.2. The fourth-order valence-electron chi connectivity index (χ4n) is 2.58. The molecule has 0 radical (unpaired) electrons. The molecule has 1 aliphatic rings. The highest BCUT2D eigenvalue weighted by atomic mass is 16.6. The van der Waals surface area contributed by atoms with Crippen LogP contribution in [0.25, 0.3) is 0 Å². The quantitative estimate of drug-likeness (QED) is 0.927. The molecule has 1 unspecified atom stereocenters. The third-order valence-corrected chi connectivity index (χ3v) is 3.83. The molecule has 2 aromatic rings. The maximum absolute atomic E-state index is 12.2. The Hall–Kier alpha value is -2.83. The summed E-state index contributed by atoms with van der Waals surface area (Å²) in [4.78, 5) is 25.7. The Morgan fingerprint density at radius 2 is 2.17 bits per heavy atom. The van der Waals surface area contributed by atoms with Crippen LogP contribution < -0.4 is 10.2 Å². The van der Waals surface area contributed by atoms with E-state index in [0.29, 0.717) is 17.9 Å². The standard InChI is InChI=1S/C16H18N4O3/c1-11-5-3-4-6-13(11)15(21)17-9-12-10-20(16(22)23-12)14-7-8-18-19(14)2/h3-8,12H,9-10H2,1-2H3,(H,17,21). The van der Waals surface area contributed by atoms with Crippen LogP contribution in [0.3, 0.4) is 0 Å². The fraction of sp³-hybridized carbons (Fsp3) is 0.312. The lowest BCUT2D eigenvalue weighted by Gasteiger charge is -2.13. The van der Waals surface area contributed by atoms with Gasteiger partial charge in [0.05, 0.1) is 19.3 Å². The van der Waals surface area contributed by atoms with Gasteiger partial charge >= 0.3 is 6.09 Å². The Bertz CT molecular complexity index is 740. The molecule has 23 heavy (non-hydrogen) atoms. The second-order valence-electron chi connectivity index (χ2n) is 5.45. The van der Waals surface area contributed by atoms with Gasteiger partial charge in [0.15, 0.2) is 0 Å². The van der Waals surface area contributed by atoms with Crippen molar-refractivity contribution in [3.8, 4) is 0 Å². The first-order valence-corrected chi connectivity index (χ1v) is 7.36. The van der Waals surface area contributed by atoms with E-state index in [1.54, 1.807) is 30.1 Å². The molecule has 1 fully saturated rings. The molecule has 1 aromatic heterocycles. The number of nitrogens with zero attached hydrogens (tertiary/aromatic N) is 3. The van der Waals surface area contributed by atoms with E-state index in [2.05, 4.69) is 10.4 Å². The lowest BCUT2D eigenvalue weighted by atomic mass is 10.1. The highest BCUT2D eigenvalue weighted by Gasteiger charge is 2.33. The second kappa shape index (κ2) is 6.12. The van der Waals surface area contributed by atoms with Gasteiger partial charge in [-0.1, -0.05) is 18.2 Å². The van der Waals surface area contributed by atoms with E-state index in [1.165, 1.54) is 4.90 Å². The molecule has 2 amide bonds. The van der Waals surface area contributed by atoms with Crippen molar-refractivity contribution in [2.24, 2.45) is 7.05 Å². The zero-order valence-electron chi connectivity index (χ0n) is 13.0. The van der Waals surface area contributed by atoms with Crippen molar-refractivity contribution < 1.29 is 14.3 Å². The Balaban J connectivity index is 1.60. The summed E-state index contributed by atoms with van der Waals surface area (Å²) in [5.41, 5.74) is 1.53. The molecule has 7 heteroatoms. The average Bonchev–Trinajstić information content (AvgIpc) is 3.10. The van der Waals surface area contributed by atoms with Crippen LogP contribution in [-0.2, 0) is 11.8 Å². The van der Waals surface area contributed by atoms with Crippen molar-refractivity contribution in [3.05, 3.63) is 47.7 Å². The normalized spacial score (nSPS) is 17.2. The number of aryl methyl sites for hydroxylation is 2. The molecule has 1 N–H and O–H groups in total. The van der Waals surface area contributed by atoms with E-state index < -0.39 is 6.09 Å². The number of cyclic esters (lactones) is 1. The number of hydrogen-bond acceptors (Lipinski definition) is 4. The molecule has 2 heterocycles. The van der Waals surface area contributed by atoms with Crippen molar-refractivity contribution in [2.45, 2.75) is 13.0 Å². The van der Waals surface area contributed by atoms with Gasteiger partial charge in [-0.3, -0.25) is 14.4 Å². The monoisotopic (exact) mass is 314 g/mol. The van der Waals surface area contributed by atoms with Crippen molar-refractivity contribution in [1.29, 1.82) is 0 Å². The number of aromatic nitrogens is 2. The van der Waals surface area contributed by atoms with Crippen LogP contribution in [0.4, 0.5) is 10.6 Å². The third-order valence-electron chi connectivity index (χ3n) is 3.83. The minimum absolute atomic E-state index is 0.168. The number of benzene rings is 1. The van der Waals surface area contributed by atoms with E-state index >= 15 is 0 Å². The second-order valence-corrected chi connectivity index (χ2v) is 5.45. The largest absolute Gasteiger partial charge is 0.442 e. The summed E-state index contributed by atoms with van der Waals surface area (Å²) in [6, 6.07) is 9.11. The number of carbonyl (C=O) groups excluding carboxylic acids is 2. The zero-order chi connectivity index (χ0) is 16.4. The van der Waals surface area contributed by atoms with Gasteiger partial charge < -0.3 is 10.1 Å². The number of carbonyl (C=O) groups is 2. The molecule has 1 aromatic carbocycles. The van der Waals surface area contributed by atoms with Crippen molar-refractivity contribution in [3.63, 3.8) is 0 Å². The summed E-state index contributed by atoms with van der Waals surface area (Å²) in [6.07, 6.45) is 0.810. The molecule has 0 aliphatic carbocycles. The van der Waals surface area contributed by atoms with Gasteiger partial charge in [0.2, 0.25) is 0 Å². The molecule has 1 saturated heterocycles. The first kappa shape index (κ1) is 15.1. The smallest absolute Gasteiger partial charge is 0.416 e. The molecule has 1 atom stereocenters. The van der Waals surface area contributed by atoms with Crippen LogP contribution in [0, 0.1) is 6.92 Å². The van der Waals surface area contributed by atoms with E-state index in [4.69, 9.17) is 4.74 Å². The Morgan fingerprint density at radius 3 is 2.87 bits per heavy atom. The molecular formula is C16H18N4O3. The van der Waals surface area contributed by atoms with Crippen LogP contribution in [0.5, 0.6) is 0 Å². The van der Waals surface area contributed by atoms with Crippen LogP contribution in [0.2, 0.25) is 0 Å². The van der Waals surface area contributed by atoms with Gasteiger partial charge in [0.1, 0.15) is 11.9 Å². The number of ether oxygens (including phenoxy) is 1. The lowest BCUT2D eigenvalue weighted by Crippen LogP contribution is -2.35. The van der Waals surface area contributed by atoms with Crippen LogP contribution >= 0.6 is 0 Å². The van der Waals surface area contributed by atoms with E-state index in [1.807, 2.05) is 25.1 Å². The highest BCUT2D eigenvalue weighted by molar-refractivity contribution is 5.95. The molecule has 3 rings (SSSR count). The van der Waals surface area contributed by atoms with E-state index in [-0.39, 0.29) is 18.6 Å². The van der Waals surface area contributed by atoms with Gasteiger partial charge in [-0.2, -0.15) is 5.10 Å². The predicted octanol–water partition coefficient (Wildman–Crippen LogP) is 1.48. The van der Waals surface area contributed by atoms with Gasteiger partial charge in [-0.25, -0.2) is 4.79 Å². The first-order valence-electron chi connectivity index (χ1n) is 7.36. The third kappa shape index (κ3) is 3.03. The fourth-order valence-corrected chi connectivity index (χ4v) is 2.58. The summed E-state index contributed by atoms with van der Waals surface area (Å²) in [5.74, 6) is 0.501. The number of nitrogens with one attached hydrogen (secondary N) is 1. The Labute approximate surface area is 133 Å². The minimum atomic E-state index is -0.427. The molecule has 7 nitrogen and oxygen atoms in total. The Morgan fingerprint density at radius 1 is 1.39 bits per heavy atom. The Kier molecular flexibility index (Phi) is 4.01. The van der Waals surface area contributed by atoms with Gasteiger partial charge in [0, 0.05) is 18.7 Å². The van der Waals surface area contributed by atoms with Gasteiger partial charge in [0.25, 0.3) is 5.91 Å². The average molecular weight is 314 g/mol.